The molecule has 5 heteroatoms. The molecule has 0 bridgehead atoms. The van der Waals surface area contributed by atoms with E-state index in [2.05, 4.69) is 10.0 Å². The van der Waals surface area contributed by atoms with Crippen molar-refractivity contribution in [3.8, 4) is 0 Å². The van der Waals surface area contributed by atoms with Crippen LogP contribution in [-0.4, -0.2) is 14.9 Å². The molecule has 0 saturated heterocycles. The van der Waals surface area contributed by atoms with Gasteiger partial charge in [0.2, 0.25) is 5.91 Å². The first kappa shape index (κ1) is 13.2. The third-order valence-electron chi connectivity index (χ3n) is 3.02. The van der Waals surface area contributed by atoms with Crippen LogP contribution in [0.4, 0.5) is 5.69 Å². The molecule has 0 aromatic heterocycles. The zero-order chi connectivity index (χ0) is 13.6. The number of nitrogens with one attached hydrogen (secondary N) is 2. The molecule has 18 heavy (non-hydrogen) atoms. The minimum atomic E-state index is -1.31. The molecule has 1 aliphatic heterocycles. The quantitative estimate of drug-likeness (QED) is 0.859. The molecule has 0 spiro atoms. The van der Waals surface area contributed by atoms with Gasteiger partial charge in [0.25, 0.3) is 0 Å². The number of para-hydroxylation sites is 1. The number of benzene rings is 1. The van der Waals surface area contributed by atoms with E-state index in [-0.39, 0.29) is 5.91 Å². The van der Waals surface area contributed by atoms with Crippen LogP contribution in [0.3, 0.4) is 0 Å². The minimum Gasteiger partial charge on any atom is -0.324 e. The highest BCUT2D eigenvalue weighted by Gasteiger charge is 2.44. The fourth-order valence-corrected chi connectivity index (χ4v) is 2.72. The van der Waals surface area contributed by atoms with E-state index in [9.17, 15) is 9.00 Å². The van der Waals surface area contributed by atoms with Gasteiger partial charge < -0.3 is 5.32 Å². The van der Waals surface area contributed by atoms with Crippen LogP contribution in [0.25, 0.3) is 0 Å². The summed E-state index contributed by atoms with van der Waals surface area (Å²) in [6.45, 7) is 7.38. The van der Waals surface area contributed by atoms with E-state index in [4.69, 9.17) is 0 Å². The Balaban J connectivity index is 2.37. The number of carbonyl (C=O) groups is 1. The molecule has 0 radical (unpaired) electrons. The van der Waals surface area contributed by atoms with Crippen LogP contribution < -0.4 is 10.0 Å². The number of carbonyl (C=O) groups excluding carboxylic acids is 1. The van der Waals surface area contributed by atoms with Crippen molar-refractivity contribution in [2.45, 2.75) is 38.0 Å². The summed E-state index contributed by atoms with van der Waals surface area (Å²) in [6, 6.07) is 7.46. The van der Waals surface area contributed by atoms with Crippen LogP contribution >= 0.6 is 0 Å². The maximum Gasteiger partial charge on any atom is 0.249 e. The highest BCUT2D eigenvalue weighted by molar-refractivity contribution is 7.84. The summed E-state index contributed by atoms with van der Waals surface area (Å²) < 4.78 is 14.7. The molecule has 0 fully saturated rings. The highest BCUT2D eigenvalue weighted by atomic mass is 32.2. The number of hydrogen-bond acceptors (Lipinski definition) is 2. The Labute approximate surface area is 110 Å². The topological polar surface area (TPSA) is 58.2 Å². The fourth-order valence-electron chi connectivity index (χ4n) is 1.84. The minimum absolute atomic E-state index is 0.165. The van der Waals surface area contributed by atoms with Crippen LogP contribution in [-0.2, 0) is 21.3 Å². The molecule has 1 aromatic rings. The standard InChI is InChI=1S/C13H18N2O2S/c1-12(2,3)18(17)15-13(4)9-7-5-6-8-10(9)14-11(13)16/h5-8,15H,1-4H3,(H,14,16). The molecule has 1 amide bonds. The molecule has 4 nitrogen and oxygen atoms in total. The van der Waals surface area contributed by atoms with E-state index < -0.39 is 21.3 Å². The Kier molecular flexibility index (Phi) is 3.07. The summed E-state index contributed by atoms with van der Waals surface area (Å²) >= 11 is 0. The molecular formula is C13H18N2O2S. The van der Waals surface area contributed by atoms with Gasteiger partial charge in [0.1, 0.15) is 5.54 Å². The van der Waals surface area contributed by atoms with E-state index >= 15 is 0 Å². The van der Waals surface area contributed by atoms with Crippen LogP contribution in [0.2, 0.25) is 0 Å². The summed E-state index contributed by atoms with van der Waals surface area (Å²) in [5.74, 6) is -0.165. The molecule has 1 heterocycles. The van der Waals surface area contributed by atoms with Crippen molar-refractivity contribution in [2.75, 3.05) is 5.32 Å². The monoisotopic (exact) mass is 266 g/mol. The predicted molar refractivity (Wildman–Crippen MR) is 73.5 cm³/mol. The summed E-state index contributed by atoms with van der Waals surface area (Å²) in [4.78, 5) is 12.1. The average molecular weight is 266 g/mol. The van der Waals surface area contributed by atoms with Crippen molar-refractivity contribution in [3.63, 3.8) is 0 Å². The van der Waals surface area contributed by atoms with Crippen molar-refractivity contribution in [1.82, 2.24) is 4.72 Å². The lowest BCUT2D eigenvalue weighted by Crippen LogP contribution is -2.50. The molecule has 1 aliphatic rings. The van der Waals surface area contributed by atoms with Gasteiger partial charge in [0.15, 0.2) is 0 Å². The lowest BCUT2D eigenvalue weighted by Gasteiger charge is -2.28. The van der Waals surface area contributed by atoms with Gasteiger partial charge >= 0.3 is 0 Å². The number of amides is 1. The Morgan fingerprint density at radius 2 is 1.89 bits per heavy atom. The summed E-state index contributed by atoms with van der Waals surface area (Å²) in [6.07, 6.45) is 0. The van der Waals surface area contributed by atoms with Gasteiger partial charge in [0.05, 0.1) is 15.7 Å². The van der Waals surface area contributed by atoms with Crippen molar-refractivity contribution in [3.05, 3.63) is 29.8 Å². The molecule has 0 aliphatic carbocycles. The fraction of sp³-hybridized carbons (Fsp3) is 0.462. The normalized spacial score (nSPS) is 24.6. The van der Waals surface area contributed by atoms with Crippen molar-refractivity contribution in [2.24, 2.45) is 0 Å². The van der Waals surface area contributed by atoms with Gasteiger partial charge in [-0.05, 0) is 33.8 Å². The van der Waals surface area contributed by atoms with E-state index in [1.54, 1.807) is 6.92 Å². The third kappa shape index (κ3) is 2.08. The maximum absolute atomic E-state index is 12.2. The Morgan fingerprint density at radius 1 is 1.28 bits per heavy atom. The van der Waals surface area contributed by atoms with Crippen LogP contribution in [0.1, 0.15) is 33.3 Å². The number of anilines is 1. The van der Waals surface area contributed by atoms with Gasteiger partial charge in [-0.2, -0.15) is 0 Å². The van der Waals surface area contributed by atoms with Gasteiger partial charge in [-0.3, -0.25) is 4.79 Å². The molecule has 98 valence electrons. The zero-order valence-electron chi connectivity index (χ0n) is 11.0. The lowest BCUT2D eigenvalue weighted by atomic mass is 9.95. The highest BCUT2D eigenvalue weighted by Crippen LogP contribution is 2.36. The molecule has 1 aromatic carbocycles. The van der Waals surface area contributed by atoms with E-state index in [0.29, 0.717) is 0 Å². The molecule has 2 unspecified atom stereocenters. The summed E-state index contributed by atoms with van der Waals surface area (Å²) in [5.41, 5.74) is 0.686. The van der Waals surface area contributed by atoms with Gasteiger partial charge in [-0.1, -0.05) is 18.2 Å². The Bertz CT molecular complexity index is 522. The van der Waals surface area contributed by atoms with E-state index in [1.807, 2.05) is 45.0 Å². The predicted octanol–water partition coefficient (Wildman–Crippen LogP) is 1.91. The second kappa shape index (κ2) is 4.17. The van der Waals surface area contributed by atoms with Crippen LogP contribution in [0, 0.1) is 0 Å². The molecule has 0 saturated carbocycles. The molecule has 2 atom stereocenters. The molecular weight excluding hydrogens is 248 g/mol. The average Bonchev–Trinajstić information content (AvgIpc) is 2.51. The summed E-state index contributed by atoms with van der Waals surface area (Å²) in [7, 11) is -1.31. The van der Waals surface area contributed by atoms with Gasteiger partial charge in [-0.15, -0.1) is 0 Å². The van der Waals surface area contributed by atoms with E-state index in [1.165, 1.54) is 0 Å². The Hall–Kier alpha value is -1.20. The van der Waals surface area contributed by atoms with E-state index in [0.717, 1.165) is 11.3 Å². The largest absolute Gasteiger partial charge is 0.324 e. The van der Waals surface area contributed by atoms with Crippen LogP contribution in [0.15, 0.2) is 24.3 Å². The van der Waals surface area contributed by atoms with Crippen LogP contribution in [0.5, 0.6) is 0 Å². The SMILES string of the molecule is CC1(NS(=O)C(C)(C)C)C(=O)Nc2ccccc21. The second-order valence-corrected chi connectivity index (χ2v) is 7.57. The Morgan fingerprint density at radius 3 is 2.50 bits per heavy atom. The zero-order valence-corrected chi connectivity index (χ0v) is 11.9. The second-order valence-electron chi connectivity index (χ2n) is 5.61. The van der Waals surface area contributed by atoms with Gasteiger partial charge in [-0.25, -0.2) is 8.93 Å². The van der Waals surface area contributed by atoms with Crippen molar-refractivity contribution >= 4 is 22.6 Å². The lowest BCUT2D eigenvalue weighted by molar-refractivity contribution is -0.120. The van der Waals surface area contributed by atoms with Gasteiger partial charge in [0, 0.05) is 11.3 Å². The first-order valence-electron chi connectivity index (χ1n) is 5.86. The van der Waals surface area contributed by atoms with Crippen molar-refractivity contribution in [1.29, 1.82) is 0 Å². The summed E-state index contributed by atoms with van der Waals surface area (Å²) in [5, 5.41) is 2.81. The third-order valence-corrected chi connectivity index (χ3v) is 4.73. The molecule has 2 N–H and O–H groups in total. The van der Waals surface area contributed by atoms with Crippen molar-refractivity contribution < 1.29 is 9.00 Å². The molecule has 2 rings (SSSR count). The number of fused-ring (bicyclic) bond motifs is 1. The number of hydrogen-bond donors (Lipinski definition) is 2. The number of rotatable bonds is 2. The smallest absolute Gasteiger partial charge is 0.249 e. The first-order chi connectivity index (χ1) is 8.25. The first-order valence-corrected chi connectivity index (χ1v) is 7.01. The maximum atomic E-state index is 12.2.